The van der Waals surface area contributed by atoms with Gasteiger partial charge in [-0.2, -0.15) is 0 Å². The van der Waals surface area contributed by atoms with Crippen molar-refractivity contribution in [2.45, 2.75) is 11.8 Å². The Morgan fingerprint density at radius 2 is 1.32 bits per heavy atom. The largest absolute Gasteiger partial charge is 0.349 e. The van der Waals surface area contributed by atoms with Crippen molar-refractivity contribution in [2.24, 2.45) is 0 Å². The second-order valence-electron chi connectivity index (χ2n) is 9.19. The zero-order chi connectivity index (χ0) is 25.6. The second kappa shape index (κ2) is 8.98. The summed E-state index contributed by atoms with van der Waals surface area (Å²) in [5.41, 5.74) is 4.19. The minimum Gasteiger partial charge on any atom is -0.349 e. The molecule has 5 nitrogen and oxygen atoms in total. The van der Waals surface area contributed by atoms with Crippen LogP contribution in [0.4, 0.5) is 11.4 Å². The van der Waals surface area contributed by atoms with E-state index in [4.69, 9.17) is 0 Å². The SMILES string of the molecule is Cc1ccc(S(=O)(=O)Nc2ccc3ccccc3c2-c2c(N3[C]N(C)C=C3)ccc3ccccc23)cc1. The number of anilines is 2. The third kappa shape index (κ3) is 4.19. The molecular weight excluding hydrogens is 478 g/mol. The molecular formula is C31H25N3O2S. The van der Waals surface area contributed by atoms with Gasteiger partial charge in [-0.05, 0) is 52.7 Å². The first-order chi connectivity index (χ1) is 17.9. The number of sulfonamides is 1. The van der Waals surface area contributed by atoms with Crippen molar-refractivity contribution in [2.75, 3.05) is 16.7 Å². The molecule has 0 unspecified atom stereocenters. The molecule has 37 heavy (non-hydrogen) atoms. The normalized spacial score (nSPS) is 13.6. The number of fused-ring (bicyclic) bond motifs is 2. The molecule has 6 rings (SSSR count). The van der Waals surface area contributed by atoms with Gasteiger partial charge < -0.3 is 9.80 Å². The van der Waals surface area contributed by atoms with Gasteiger partial charge in [0, 0.05) is 30.6 Å². The van der Waals surface area contributed by atoms with Gasteiger partial charge >= 0.3 is 0 Å². The summed E-state index contributed by atoms with van der Waals surface area (Å²) in [4.78, 5) is 4.03. The maximum atomic E-state index is 13.5. The Labute approximate surface area is 217 Å². The molecule has 0 spiro atoms. The number of aryl methyl sites for hydroxylation is 1. The predicted molar refractivity (Wildman–Crippen MR) is 152 cm³/mol. The van der Waals surface area contributed by atoms with E-state index in [0.29, 0.717) is 5.69 Å². The Balaban J connectivity index is 1.64. The summed E-state index contributed by atoms with van der Waals surface area (Å²) in [7, 11) is -1.90. The maximum Gasteiger partial charge on any atom is 0.261 e. The van der Waals surface area contributed by atoms with E-state index in [1.807, 2.05) is 84.7 Å². The number of benzene rings is 5. The van der Waals surface area contributed by atoms with E-state index in [1.165, 1.54) is 0 Å². The van der Waals surface area contributed by atoms with Crippen LogP contribution in [0.15, 0.2) is 114 Å². The Morgan fingerprint density at radius 1 is 0.703 bits per heavy atom. The van der Waals surface area contributed by atoms with Crippen molar-refractivity contribution < 1.29 is 8.42 Å². The van der Waals surface area contributed by atoms with Crippen molar-refractivity contribution in [1.29, 1.82) is 0 Å². The highest BCUT2D eigenvalue weighted by molar-refractivity contribution is 7.92. The third-order valence-corrected chi connectivity index (χ3v) is 8.01. The minimum atomic E-state index is -3.82. The topological polar surface area (TPSA) is 52.7 Å². The molecule has 1 heterocycles. The molecule has 0 bridgehead atoms. The standard InChI is InChI=1S/C31H25N3O2S/c1-22-11-15-25(16-12-22)37(35,36)32-28-17-13-23-7-3-5-9-26(23)30(28)31-27-10-6-4-8-24(27)14-18-29(31)34-20-19-33(2)21-34/h3-20,32H,1-2H3. The average Bonchev–Trinajstić information content (AvgIpc) is 3.34. The lowest BCUT2D eigenvalue weighted by molar-refractivity contribution is 0.575. The van der Waals surface area contributed by atoms with Gasteiger partial charge in [0.1, 0.15) is 0 Å². The molecule has 1 aliphatic heterocycles. The summed E-state index contributed by atoms with van der Waals surface area (Å²) in [5.74, 6) is 0. The number of rotatable bonds is 5. The van der Waals surface area contributed by atoms with E-state index in [-0.39, 0.29) is 4.90 Å². The second-order valence-corrected chi connectivity index (χ2v) is 10.9. The molecule has 0 saturated heterocycles. The van der Waals surface area contributed by atoms with Crippen molar-refractivity contribution in [1.82, 2.24) is 4.90 Å². The lowest BCUT2D eigenvalue weighted by Crippen LogP contribution is -2.17. The maximum absolute atomic E-state index is 13.5. The molecule has 0 saturated carbocycles. The van der Waals surface area contributed by atoms with E-state index in [1.54, 1.807) is 24.3 Å². The van der Waals surface area contributed by atoms with Gasteiger partial charge in [-0.15, -0.1) is 0 Å². The molecule has 0 amide bonds. The summed E-state index contributed by atoms with van der Waals surface area (Å²) >= 11 is 0. The molecule has 0 aromatic heterocycles. The van der Waals surface area contributed by atoms with Crippen LogP contribution in [0.3, 0.4) is 0 Å². The molecule has 1 aliphatic rings. The molecule has 182 valence electrons. The minimum absolute atomic E-state index is 0.223. The zero-order valence-electron chi connectivity index (χ0n) is 20.5. The van der Waals surface area contributed by atoms with Crippen LogP contribution in [0, 0.1) is 13.6 Å². The Hall–Kier alpha value is -4.29. The van der Waals surface area contributed by atoms with Crippen LogP contribution in [0.1, 0.15) is 5.56 Å². The Kier molecular flexibility index (Phi) is 5.61. The van der Waals surface area contributed by atoms with Gasteiger partial charge in [-0.25, -0.2) is 8.42 Å². The summed E-state index contributed by atoms with van der Waals surface area (Å²) < 4.78 is 30.0. The van der Waals surface area contributed by atoms with Crippen LogP contribution in [-0.2, 0) is 10.0 Å². The first-order valence-electron chi connectivity index (χ1n) is 12.0. The van der Waals surface area contributed by atoms with Crippen molar-refractivity contribution in [3.8, 4) is 11.1 Å². The number of nitrogens with one attached hydrogen (secondary N) is 1. The van der Waals surface area contributed by atoms with Crippen molar-refractivity contribution in [3.05, 3.63) is 122 Å². The Morgan fingerprint density at radius 3 is 1.97 bits per heavy atom. The Bertz CT molecular complexity index is 1780. The lowest BCUT2D eigenvalue weighted by atomic mass is 9.91. The molecule has 0 atom stereocenters. The molecule has 6 heteroatoms. The molecule has 0 aliphatic carbocycles. The van der Waals surface area contributed by atoms with Gasteiger partial charge in [0.05, 0.1) is 16.3 Å². The van der Waals surface area contributed by atoms with Gasteiger partial charge in [0.15, 0.2) is 0 Å². The van der Waals surface area contributed by atoms with Crippen molar-refractivity contribution >= 4 is 42.9 Å². The van der Waals surface area contributed by atoms with Gasteiger partial charge in [0.2, 0.25) is 6.67 Å². The number of hydrogen-bond donors (Lipinski definition) is 1. The number of nitrogens with zero attached hydrogens (tertiary/aromatic N) is 2. The van der Waals surface area contributed by atoms with Crippen LogP contribution in [0.25, 0.3) is 32.7 Å². The average molecular weight is 504 g/mol. The fraction of sp³-hybridized carbons (Fsp3) is 0.0645. The van der Waals surface area contributed by atoms with Crippen LogP contribution in [-0.4, -0.2) is 20.4 Å². The van der Waals surface area contributed by atoms with Crippen LogP contribution in [0.5, 0.6) is 0 Å². The van der Waals surface area contributed by atoms with Crippen LogP contribution >= 0.6 is 0 Å². The van der Waals surface area contributed by atoms with Gasteiger partial charge in [0.25, 0.3) is 10.0 Å². The summed E-state index contributed by atoms with van der Waals surface area (Å²) in [6.07, 6.45) is 3.89. The highest BCUT2D eigenvalue weighted by Gasteiger charge is 2.24. The molecule has 5 aromatic carbocycles. The molecule has 5 aromatic rings. The van der Waals surface area contributed by atoms with Crippen molar-refractivity contribution in [3.63, 3.8) is 0 Å². The monoisotopic (exact) mass is 503 g/mol. The number of hydrogen-bond acceptors (Lipinski definition) is 4. The van der Waals surface area contributed by atoms with E-state index in [2.05, 4.69) is 35.7 Å². The molecule has 1 N–H and O–H groups in total. The zero-order valence-corrected chi connectivity index (χ0v) is 21.3. The molecule has 0 fully saturated rings. The highest BCUT2D eigenvalue weighted by Crippen LogP contribution is 2.46. The smallest absolute Gasteiger partial charge is 0.261 e. The summed E-state index contributed by atoms with van der Waals surface area (Å²) in [6.45, 7) is 5.24. The quantitative estimate of drug-likeness (QED) is 0.281. The fourth-order valence-electron chi connectivity index (χ4n) is 4.81. The summed E-state index contributed by atoms with van der Waals surface area (Å²) in [5, 5.41) is 4.08. The van der Waals surface area contributed by atoms with Gasteiger partial charge in [-0.3, -0.25) is 4.72 Å². The van der Waals surface area contributed by atoms with E-state index >= 15 is 0 Å². The highest BCUT2D eigenvalue weighted by atomic mass is 32.2. The lowest BCUT2D eigenvalue weighted by Gasteiger charge is -2.24. The first-order valence-corrected chi connectivity index (χ1v) is 13.5. The molecule has 2 radical (unpaired) electrons. The fourth-order valence-corrected chi connectivity index (χ4v) is 5.88. The van der Waals surface area contributed by atoms with Crippen LogP contribution in [0.2, 0.25) is 0 Å². The van der Waals surface area contributed by atoms with Gasteiger partial charge in [-0.1, -0.05) is 78.4 Å². The summed E-state index contributed by atoms with van der Waals surface area (Å²) in [6, 6.07) is 31.1. The first kappa shape index (κ1) is 23.1. The predicted octanol–water partition coefficient (Wildman–Crippen LogP) is 6.99. The third-order valence-electron chi connectivity index (χ3n) is 6.63. The van der Waals surface area contributed by atoms with E-state index < -0.39 is 10.0 Å². The van der Waals surface area contributed by atoms with Crippen LogP contribution < -0.4 is 9.62 Å². The van der Waals surface area contributed by atoms with E-state index in [0.717, 1.165) is 43.9 Å². The van der Waals surface area contributed by atoms with E-state index in [9.17, 15) is 8.42 Å².